The van der Waals surface area contributed by atoms with E-state index in [1.807, 2.05) is 36.0 Å². The number of fused-ring (bicyclic) bond motifs is 1. The summed E-state index contributed by atoms with van der Waals surface area (Å²) in [5, 5.41) is 1.15. The zero-order valence-corrected chi connectivity index (χ0v) is 10.4. The predicted octanol–water partition coefficient (Wildman–Crippen LogP) is 1.87. The van der Waals surface area contributed by atoms with Crippen molar-refractivity contribution in [2.75, 3.05) is 19.3 Å². The Kier molecular flexibility index (Phi) is 2.46. The molecule has 0 unspecified atom stereocenters. The Hall–Kier alpha value is -1.64. The minimum Gasteiger partial charge on any atom is -0.383 e. The van der Waals surface area contributed by atoms with Crippen molar-refractivity contribution < 1.29 is 0 Å². The molecule has 2 aliphatic heterocycles. The smallest absolute Gasteiger partial charge is 0.132 e. The van der Waals surface area contributed by atoms with Gasteiger partial charge >= 0.3 is 0 Å². The Morgan fingerprint density at radius 3 is 2.82 bits per heavy atom. The van der Waals surface area contributed by atoms with Gasteiger partial charge in [0, 0.05) is 30.5 Å². The fraction of sp³-hybridized carbons (Fsp3) is 0.231. The van der Waals surface area contributed by atoms with E-state index >= 15 is 0 Å². The van der Waals surface area contributed by atoms with Gasteiger partial charge in [-0.25, -0.2) is 4.99 Å². The molecule has 4 heteroatoms. The van der Waals surface area contributed by atoms with Crippen LogP contribution in [0.4, 0.5) is 0 Å². The van der Waals surface area contributed by atoms with E-state index in [0.717, 1.165) is 34.2 Å². The van der Waals surface area contributed by atoms with E-state index in [1.54, 1.807) is 0 Å². The quantitative estimate of drug-likeness (QED) is 0.707. The molecule has 0 bridgehead atoms. The van der Waals surface area contributed by atoms with Crippen LogP contribution in [0.2, 0.25) is 0 Å². The molecule has 1 aromatic carbocycles. The van der Waals surface area contributed by atoms with Gasteiger partial charge in [-0.2, -0.15) is 0 Å². The minimum atomic E-state index is 0.592. The summed E-state index contributed by atoms with van der Waals surface area (Å²) in [5.74, 6) is 1.71. The Morgan fingerprint density at radius 2 is 2.12 bits per heavy atom. The molecule has 1 aromatic rings. The molecule has 0 aliphatic carbocycles. The molecule has 0 atom stereocenters. The summed E-state index contributed by atoms with van der Waals surface area (Å²) >= 11 is 1.81. The predicted molar refractivity (Wildman–Crippen MR) is 72.7 cm³/mol. The van der Waals surface area contributed by atoms with E-state index in [0.29, 0.717) is 5.84 Å². The number of rotatable bonds is 0. The average Bonchev–Trinajstić information content (AvgIpc) is 2.87. The summed E-state index contributed by atoms with van der Waals surface area (Å²) in [6.07, 6.45) is 0. The molecule has 1 saturated heterocycles. The molecule has 3 nitrogen and oxygen atoms in total. The second-order valence-electron chi connectivity index (χ2n) is 4.09. The lowest BCUT2D eigenvalue weighted by Crippen LogP contribution is -2.09. The molecule has 0 radical (unpaired) electrons. The van der Waals surface area contributed by atoms with Crippen LogP contribution in [-0.2, 0) is 0 Å². The molecule has 1 fully saturated rings. The molecule has 2 aliphatic rings. The van der Waals surface area contributed by atoms with Crippen molar-refractivity contribution >= 4 is 23.3 Å². The first-order chi connectivity index (χ1) is 8.25. The van der Waals surface area contributed by atoms with Crippen molar-refractivity contribution in [1.82, 2.24) is 4.90 Å². The van der Waals surface area contributed by atoms with Gasteiger partial charge in [-0.1, -0.05) is 41.8 Å². The second-order valence-corrected chi connectivity index (χ2v) is 5.18. The van der Waals surface area contributed by atoms with Gasteiger partial charge in [0.1, 0.15) is 16.6 Å². The third kappa shape index (κ3) is 1.75. The first kappa shape index (κ1) is 10.5. The number of thioether (sulfide) groups is 1. The van der Waals surface area contributed by atoms with Crippen LogP contribution in [0.1, 0.15) is 11.1 Å². The van der Waals surface area contributed by atoms with Crippen LogP contribution in [0.25, 0.3) is 5.70 Å². The highest BCUT2D eigenvalue weighted by atomic mass is 32.2. The van der Waals surface area contributed by atoms with Gasteiger partial charge in [0.2, 0.25) is 0 Å². The van der Waals surface area contributed by atoms with E-state index in [2.05, 4.69) is 22.7 Å². The van der Waals surface area contributed by atoms with Gasteiger partial charge in [-0.15, -0.1) is 0 Å². The third-order valence-corrected chi connectivity index (χ3v) is 4.00. The SMILES string of the molecule is CN1CCSC1=C=C1N=C(N)c2ccccc21. The molecule has 0 amide bonds. The lowest BCUT2D eigenvalue weighted by Gasteiger charge is -2.07. The molecule has 3 rings (SSSR count). The number of hydrogen-bond acceptors (Lipinski definition) is 4. The molecule has 0 saturated carbocycles. The van der Waals surface area contributed by atoms with Crippen molar-refractivity contribution in [2.45, 2.75) is 0 Å². The number of nitrogens with two attached hydrogens (primary N) is 1. The van der Waals surface area contributed by atoms with Crippen LogP contribution < -0.4 is 5.73 Å². The summed E-state index contributed by atoms with van der Waals surface area (Å²) in [6, 6.07) is 8.03. The molecule has 0 spiro atoms. The Balaban J connectivity index is 2.16. The summed E-state index contributed by atoms with van der Waals surface area (Å²) in [4.78, 5) is 6.59. The number of hydrogen-bond donors (Lipinski definition) is 1. The second kappa shape index (κ2) is 3.99. The highest BCUT2D eigenvalue weighted by Crippen LogP contribution is 2.30. The van der Waals surface area contributed by atoms with E-state index in [4.69, 9.17) is 5.73 Å². The number of nitrogens with zero attached hydrogens (tertiary/aromatic N) is 2. The van der Waals surface area contributed by atoms with Crippen LogP contribution >= 0.6 is 11.8 Å². The molecule has 86 valence electrons. The number of amidine groups is 1. The maximum absolute atomic E-state index is 5.91. The van der Waals surface area contributed by atoms with Gasteiger partial charge < -0.3 is 10.6 Å². The number of aliphatic imine (C=N–C) groups is 1. The lowest BCUT2D eigenvalue weighted by molar-refractivity contribution is 0.494. The van der Waals surface area contributed by atoms with Crippen molar-refractivity contribution in [3.05, 3.63) is 46.2 Å². The Bertz CT molecular complexity index is 568. The van der Waals surface area contributed by atoms with Crippen LogP contribution in [0.5, 0.6) is 0 Å². The van der Waals surface area contributed by atoms with Gasteiger partial charge in [0.25, 0.3) is 0 Å². The summed E-state index contributed by atoms with van der Waals surface area (Å²) in [5.41, 5.74) is 12.2. The zero-order valence-electron chi connectivity index (χ0n) is 9.60. The molecule has 2 heterocycles. The van der Waals surface area contributed by atoms with Crippen LogP contribution in [-0.4, -0.2) is 30.1 Å². The van der Waals surface area contributed by atoms with Crippen LogP contribution in [0.3, 0.4) is 0 Å². The van der Waals surface area contributed by atoms with E-state index in [-0.39, 0.29) is 0 Å². The third-order valence-electron chi connectivity index (χ3n) is 2.93. The van der Waals surface area contributed by atoms with E-state index in [1.165, 1.54) is 0 Å². The first-order valence-corrected chi connectivity index (χ1v) is 6.53. The molecular formula is C13H13N3S. The summed E-state index contributed by atoms with van der Waals surface area (Å²) in [6.45, 7) is 1.07. The largest absolute Gasteiger partial charge is 0.383 e. The lowest BCUT2D eigenvalue weighted by atomic mass is 10.1. The summed E-state index contributed by atoms with van der Waals surface area (Å²) < 4.78 is 0. The highest BCUT2D eigenvalue weighted by Gasteiger charge is 2.19. The first-order valence-electron chi connectivity index (χ1n) is 5.54. The maximum Gasteiger partial charge on any atom is 0.132 e. The van der Waals surface area contributed by atoms with Crippen molar-refractivity contribution in [3.63, 3.8) is 0 Å². The minimum absolute atomic E-state index is 0.592. The van der Waals surface area contributed by atoms with Crippen LogP contribution in [0.15, 0.2) is 40.0 Å². The molecular weight excluding hydrogens is 230 g/mol. The van der Waals surface area contributed by atoms with Crippen molar-refractivity contribution in [2.24, 2.45) is 10.7 Å². The van der Waals surface area contributed by atoms with Crippen molar-refractivity contribution in [1.29, 1.82) is 0 Å². The standard InChI is InChI=1S/C13H13N3S/c1-16-6-7-17-12(16)8-11-9-4-2-3-5-10(9)13(14)15-11/h2-5H,6-7H2,1H3,(H2,14,15). The zero-order chi connectivity index (χ0) is 11.8. The van der Waals surface area contributed by atoms with Gasteiger partial charge in [-0.05, 0) is 0 Å². The molecule has 0 aromatic heterocycles. The highest BCUT2D eigenvalue weighted by molar-refractivity contribution is 8.03. The van der Waals surface area contributed by atoms with E-state index < -0.39 is 0 Å². The topological polar surface area (TPSA) is 41.6 Å². The van der Waals surface area contributed by atoms with Gasteiger partial charge in [0.15, 0.2) is 0 Å². The van der Waals surface area contributed by atoms with Crippen LogP contribution in [0, 0.1) is 0 Å². The van der Waals surface area contributed by atoms with Gasteiger partial charge in [-0.3, -0.25) is 0 Å². The van der Waals surface area contributed by atoms with Gasteiger partial charge in [0.05, 0.1) is 0 Å². The Morgan fingerprint density at radius 1 is 1.35 bits per heavy atom. The normalized spacial score (nSPS) is 18.2. The number of benzene rings is 1. The van der Waals surface area contributed by atoms with E-state index in [9.17, 15) is 0 Å². The average molecular weight is 243 g/mol. The summed E-state index contributed by atoms with van der Waals surface area (Å²) in [7, 11) is 2.08. The molecule has 2 N–H and O–H groups in total. The monoisotopic (exact) mass is 243 g/mol. The fourth-order valence-corrected chi connectivity index (χ4v) is 3.01. The molecule has 17 heavy (non-hydrogen) atoms. The van der Waals surface area contributed by atoms with Crippen molar-refractivity contribution in [3.8, 4) is 0 Å². The maximum atomic E-state index is 5.91. The Labute approximate surface area is 105 Å². The fourth-order valence-electron chi connectivity index (χ4n) is 1.97.